The van der Waals surface area contributed by atoms with Crippen LogP contribution in [0.2, 0.25) is 0 Å². The molecule has 0 fully saturated rings. The number of hydrogen-bond acceptors (Lipinski definition) is 5. The van der Waals surface area contributed by atoms with Gasteiger partial charge in [-0.25, -0.2) is 5.43 Å². The van der Waals surface area contributed by atoms with Crippen molar-refractivity contribution >= 4 is 33.7 Å². The number of benzene rings is 2. The van der Waals surface area contributed by atoms with Crippen molar-refractivity contribution in [3.8, 4) is 11.5 Å². The highest BCUT2D eigenvalue weighted by atomic mass is 79.9. The number of rotatable bonds is 7. The van der Waals surface area contributed by atoms with E-state index in [1.807, 2.05) is 19.9 Å². The number of nitrogen functional groups attached to an aromatic ring is 1. The van der Waals surface area contributed by atoms with E-state index in [-0.39, 0.29) is 5.91 Å². The molecule has 132 valence electrons. The van der Waals surface area contributed by atoms with Crippen molar-refractivity contribution in [3.05, 3.63) is 52.0 Å². The predicted octanol–water partition coefficient (Wildman–Crippen LogP) is 3.59. The number of para-hydroxylation sites is 1. The Bertz CT molecular complexity index is 778. The summed E-state index contributed by atoms with van der Waals surface area (Å²) in [5.74, 6) is 0.880. The Morgan fingerprint density at radius 2 is 1.96 bits per heavy atom. The third-order valence-corrected chi connectivity index (χ3v) is 3.79. The van der Waals surface area contributed by atoms with Crippen molar-refractivity contribution in [1.29, 1.82) is 0 Å². The van der Waals surface area contributed by atoms with E-state index in [1.165, 1.54) is 6.21 Å². The van der Waals surface area contributed by atoms with Gasteiger partial charge in [-0.3, -0.25) is 4.79 Å². The summed E-state index contributed by atoms with van der Waals surface area (Å²) in [6.45, 7) is 4.84. The van der Waals surface area contributed by atoms with E-state index in [1.54, 1.807) is 30.3 Å². The molecule has 0 radical (unpaired) electrons. The Kier molecular flexibility index (Phi) is 6.82. The van der Waals surface area contributed by atoms with Crippen LogP contribution in [0.5, 0.6) is 11.5 Å². The monoisotopic (exact) mass is 405 g/mol. The number of carbonyl (C=O) groups excluding carboxylic acids is 1. The number of anilines is 1. The zero-order valence-electron chi connectivity index (χ0n) is 14.1. The summed E-state index contributed by atoms with van der Waals surface area (Å²) in [5, 5.41) is 3.98. The Morgan fingerprint density at radius 1 is 1.24 bits per heavy atom. The van der Waals surface area contributed by atoms with Crippen LogP contribution in [0, 0.1) is 0 Å². The summed E-state index contributed by atoms with van der Waals surface area (Å²) in [6.07, 6.45) is 1.53. The van der Waals surface area contributed by atoms with Gasteiger partial charge in [0.1, 0.15) is 0 Å². The quantitative estimate of drug-likeness (QED) is 0.418. The lowest BCUT2D eigenvalue weighted by atomic mass is 10.2. The average molecular weight is 406 g/mol. The first-order valence-corrected chi connectivity index (χ1v) is 8.63. The topological polar surface area (TPSA) is 85.9 Å². The number of hydrogen-bond donors (Lipinski definition) is 2. The van der Waals surface area contributed by atoms with Crippen LogP contribution < -0.4 is 20.6 Å². The van der Waals surface area contributed by atoms with Crippen molar-refractivity contribution in [1.82, 2.24) is 5.43 Å². The van der Waals surface area contributed by atoms with Gasteiger partial charge >= 0.3 is 0 Å². The molecule has 2 rings (SSSR count). The molecule has 0 saturated heterocycles. The molecule has 3 N–H and O–H groups in total. The van der Waals surface area contributed by atoms with Crippen LogP contribution in [0.25, 0.3) is 0 Å². The Hall–Kier alpha value is -2.54. The van der Waals surface area contributed by atoms with Crippen molar-refractivity contribution in [2.45, 2.75) is 13.8 Å². The number of hydrazone groups is 1. The molecule has 7 heteroatoms. The van der Waals surface area contributed by atoms with Crippen LogP contribution in [-0.4, -0.2) is 25.3 Å². The lowest BCUT2D eigenvalue weighted by Gasteiger charge is -2.13. The SMILES string of the molecule is CCOc1cc(/C=N\NC(=O)c2ccccc2N)cc(Br)c1OCC. The van der Waals surface area contributed by atoms with Gasteiger partial charge in [-0.05, 0) is 59.6 Å². The maximum Gasteiger partial charge on any atom is 0.273 e. The minimum atomic E-state index is -0.371. The van der Waals surface area contributed by atoms with Crippen LogP contribution in [0.3, 0.4) is 0 Å². The summed E-state index contributed by atoms with van der Waals surface area (Å²) in [4.78, 5) is 12.1. The molecule has 1 amide bonds. The molecule has 2 aromatic rings. The summed E-state index contributed by atoms with van der Waals surface area (Å²) in [6, 6.07) is 10.4. The third-order valence-electron chi connectivity index (χ3n) is 3.21. The van der Waals surface area contributed by atoms with Crippen LogP contribution >= 0.6 is 15.9 Å². The number of nitrogens with two attached hydrogens (primary N) is 1. The number of amides is 1. The van der Waals surface area contributed by atoms with Crippen molar-refractivity contribution in [2.24, 2.45) is 5.10 Å². The molecule has 0 bridgehead atoms. The standard InChI is InChI=1S/C18H20BrN3O3/c1-3-24-16-10-12(9-14(19)17(16)25-4-2)11-21-22-18(23)13-7-5-6-8-15(13)20/h5-11H,3-4,20H2,1-2H3,(H,22,23)/b21-11-. The number of nitrogens with zero attached hydrogens (tertiary/aromatic N) is 1. The second-order valence-electron chi connectivity index (χ2n) is 4.98. The van der Waals surface area contributed by atoms with E-state index in [2.05, 4.69) is 26.5 Å². The minimum absolute atomic E-state index is 0.371. The van der Waals surface area contributed by atoms with Crippen molar-refractivity contribution in [3.63, 3.8) is 0 Å². The largest absolute Gasteiger partial charge is 0.490 e. The molecule has 0 heterocycles. The second kappa shape index (κ2) is 9.08. The van der Waals surface area contributed by atoms with E-state index >= 15 is 0 Å². The minimum Gasteiger partial charge on any atom is -0.490 e. The van der Waals surface area contributed by atoms with Gasteiger partial charge in [0.2, 0.25) is 0 Å². The van der Waals surface area contributed by atoms with E-state index in [0.717, 1.165) is 10.0 Å². The molecule has 0 aliphatic heterocycles. The van der Waals surface area contributed by atoms with Gasteiger partial charge in [0, 0.05) is 5.69 Å². The highest BCUT2D eigenvalue weighted by Gasteiger charge is 2.11. The van der Waals surface area contributed by atoms with Gasteiger partial charge in [-0.15, -0.1) is 0 Å². The zero-order chi connectivity index (χ0) is 18.2. The van der Waals surface area contributed by atoms with Gasteiger partial charge in [-0.1, -0.05) is 12.1 Å². The van der Waals surface area contributed by atoms with E-state index in [0.29, 0.717) is 36.0 Å². The molecule has 0 aromatic heterocycles. The normalized spacial score (nSPS) is 10.7. The summed E-state index contributed by atoms with van der Waals surface area (Å²) in [7, 11) is 0. The van der Waals surface area contributed by atoms with E-state index in [9.17, 15) is 4.79 Å². The number of nitrogens with one attached hydrogen (secondary N) is 1. The second-order valence-corrected chi connectivity index (χ2v) is 5.84. The average Bonchev–Trinajstić information content (AvgIpc) is 2.58. The lowest BCUT2D eigenvalue weighted by Crippen LogP contribution is -2.19. The maximum absolute atomic E-state index is 12.1. The Morgan fingerprint density at radius 3 is 2.64 bits per heavy atom. The van der Waals surface area contributed by atoms with Gasteiger partial charge in [0.25, 0.3) is 5.91 Å². The number of carbonyl (C=O) groups is 1. The zero-order valence-corrected chi connectivity index (χ0v) is 15.7. The fourth-order valence-electron chi connectivity index (χ4n) is 2.14. The van der Waals surface area contributed by atoms with Gasteiger partial charge in [-0.2, -0.15) is 5.10 Å². The molecule has 0 aliphatic carbocycles. The van der Waals surface area contributed by atoms with Crippen LogP contribution in [0.4, 0.5) is 5.69 Å². The number of halogens is 1. The third kappa shape index (κ3) is 4.96. The first-order chi connectivity index (χ1) is 12.1. The van der Waals surface area contributed by atoms with Gasteiger partial charge < -0.3 is 15.2 Å². The van der Waals surface area contributed by atoms with E-state index in [4.69, 9.17) is 15.2 Å². The van der Waals surface area contributed by atoms with E-state index < -0.39 is 0 Å². The van der Waals surface area contributed by atoms with Gasteiger partial charge in [0.05, 0.1) is 29.5 Å². The number of ether oxygens (including phenoxy) is 2. The molecule has 2 aromatic carbocycles. The van der Waals surface area contributed by atoms with Crippen molar-refractivity contribution < 1.29 is 14.3 Å². The highest BCUT2D eigenvalue weighted by Crippen LogP contribution is 2.36. The van der Waals surface area contributed by atoms with Crippen molar-refractivity contribution in [2.75, 3.05) is 18.9 Å². The molecule has 25 heavy (non-hydrogen) atoms. The summed E-state index contributed by atoms with van der Waals surface area (Å²) < 4.78 is 11.9. The molecule has 0 aliphatic rings. The molecule has 6 nitrogen and oxygen atoms in total. The predicted molar refractivity (Wildman–Crippen MR) is 102 cm³/mol. The maximum atomic E-state index is 12.1. The summed E-state index contributed by atoms with van der Waals surface area (Å²) >= 11 is 3.47. The highest BCUT2D eigenvalue weighted by molar-refractivity contribution is 9.10. The Balaban J connectivity index is 2.15. The first kappa shape index (κ1) is 18.8. The lowest BCUT2D eigenvalue weighted by molar-refractivity contribution is 0.0956. The Labute approximate surface area is 155 Å². The summed E-state index contributed by atoms with van der Waals surface area (Å²) in [5.41, 5.74) is 9.76. The molecule has 0 spiro atoms. The van der Waals surface area contributed by atoms with Crippen LogP contribution in [0.1, 0.15) is 29.8 Å². The first-order valence-electron chi connectivity index (χ1n) is 7.83. The van der Waals surface area contributed by atoms with Crippen LogP contribution in [0.15, 0.2) is 46.0 Å². The molecular formula is C18H20BrN3O3. The molecule has 0 saturated carbocycles. The fourth-order valence-corrected chi connectivity index (χ4v) is 2.71. The fraction of sp³-hybridized carbons (Fsp3) is 0.222. The molecule has 0 unspecified atom stereocenters. The smallest absolute Gasteiger partial charge is 0.273 e. The van der Waals surface area contributed by atoms with Crippen LogP contribution in [-0.2, 0) is 0 Å². The molecule has 0 atom stereocenters. The molecular weight excluding hydrogens is 386 g/mol. The van der Waals surface area contributed by atoms with Gasteiger partial charge in [0.15, 0.2) is 11.5 Å².